The number of carbonyl (C=O) groups is 1. The molecule has 28 heavy (non-hydrogen) atoms. The van der Waals surface area contributed by atoms with Crippen molar-refractivity contribution < 1.29 is 13.2 Å². The minimum absolute atomic E-state index is 0.0699. The van der Waals surface area contributed by atoms with E-state index in [1.165, 1.54) is 24.3 Å². The largest absolute Gasteiger partial charge is 0.341 e. The van der Waals surface area contributed by atoms with E-state index in [1.807, 2.05) is 0 Å². The Morgan fingerprint density at radius 1 is 0.929 bits per heavy atom. The second-order valence-electron chi connectivity index (χ2n) is 6.74. The van der Waals surface area contributed by atoms with E-state index in [4.69, 9.17) is 23.2 Å². The Kier molecular flexibility index (Phi) is 6.86. The maximum absolute atomic E-state index is 13.3. The summed E-state index contributed by atoms with van der Waals surface area (Å²) >= 11 is 12.0. The molecule has 5 nitrogen and oxygen atoms in total. The molecule has 0 N–H and O–H groups in total. The Bertz CT molecular complexity index is 925. The first-order valence-electron chi connectivity index (χ1n) is 9.19. The fraction of sp³-hybridized carbons (Fsp3) is 0.350. The summed E-state index contributed by atoms with van der Waals surface area (Å²) < 4.78 is 27.7. The van der Waals surface area contributed by atoms with Gasteiger partial charge in [-0.3, -0.25) is 9.10 Å². The highest BCUT2D eigenvalue weighted by molar-refractivity contribution is 7.92. The second-order valence-corrected chi connectivity index (χ2v) is 9.48. The van der Waals surface area contributed by atoms with E-state index in [2.05, 4.69) is 0 Å². The summed E-state index contributed by atoms with van der Waals surface area (Å²) in [4.78, 5) is 14.7. The van der Waals surface area contributed by atoms with Crippen LogP contribution in [0.1, 0.15) is 25.7 Å². The van der Waals surface area contributed by atoms with Gasteiger partial charge in [-0.05, 0) is 55.3 Å². The Balaban J connectivity index is 1.95. The van der Waals surface area contributed by atoms with Gasteiger partial charge in [-0.2, -0.15) is 0 Å². The van der Waals surface area contributed by atoms with Crippen molar-refractivity contribution in [3.63, 3.8) is 0 Å². The van der Waals surface area contributed by atoms with Crippen molar-refractivity contribution in [3.8, 4) is 0 Å². The predicted octanol–water partition coefficient (Wildman–Crippen LogP) is 4.59. The van der Waals surface area contributed by atoms with Gasteiger partial charge in [0.05, 0.1) is 10.6 Å². The molecule has 0 radical (unpaired) electrons. The average Bonchev–Trinajstić information content (AvgIpc) is 2.95. The third-order valence-corrected chi connectivity index (χ3v) is 7.01. The molecule has 1 amide bonds. The van der Waals surface area contributed by atoms with Gasteiger partial charge < -0.3 is 4.90 Å². The van der Waals surface area contributed by atoms with Gasteiger partial charge in [0.1, 0.15) is 6.54 Å². The number of sulfonamides is 1. The van der Waals surface area contributed by atoms with E-state index in [0.717, 1.165) is 30.0 Å². The maximum atomic E-state index is 13.3. The molecule has 0 saturated carbocycles. The molecule has 1 saturated heterocycles. The number of anilines is 1. The number of amides is 1. The van der Waals surface area contributed by atoms with Gasteiger partial charge in [-0.1, -0.05) is 42.1 Å². The summed E-state index contributed by atoms with van der Waals surface area (Å²) in [6.45, 7) is 1.04. The zero-order chi connectivity index (χ0) is 20.1. The van der Waals surface area contributed by atoms with E-state index in [0.29, 0.717) is 28.8 Å². The zero-order valence-electron chi connectivity index (χ0n) is 15.4. The van der Waals surface area contributed by atoms with Crippen molar-refractivity contribution in [3.05, 3.63) is 58.6 Å². The lowest BCUT2D eigenvalue weighted by molar-refractivity contribution is -0.129. The highest BCUT2D eigenvalue weighted by atomic mass is 35.5. The number of carbonyl (C=O) groups excluding carboxylic acids is 1. The smallest absolute Gasteiger partial charge is 0.264 e. The van der Waals surface area contributed by atoms with Crippen molar-refractivity contribution >= 4 is 44.8 Å². The van der Waals surface area contributed by atoms with E-state index in [9.17, 15) is 13.2 Å². The lowest BCUT2D eigenvalue weighted by Crippen LogP contribution is -2.43. The van der Waals surface area contributed by atoms with Gasteiger partial charge in [-0.25, -0.2) is 8.42 Å². The van der Waals surface area contributed by atoms with Crippen molar-refractivity contribution in [2.24, 2.45) is 0 Å². The van der Waals surface area contributed by atoms with Crippen molar-refractivity contribution in [1.29, 1.82) is 0 Å². The standard InChI is InChI=1S/C20H22Cl2N2O3S/c21-16-8-10-19(11-9-16)28(26,27)24(18-7-5-6-17(22)14-18)15-20(25)23-12-3-1-2-4-13-23/h5-11,14H,1-4,12-13,15H2. The first-order valence-corrected chi connectivity index (χ1v) is 11.4. The molecule has 150 valence electrons. The molecule has 0 aliphatic carbocycles. The number of hydrogen-bond acceptors (Lipinski definition) is 3. The highest BCUT2D eigenvalue weighted by Crippen LogP contribution is 2.27. The van der Waals surface area contributed by atoms with Crippen molar-refractivity contribution in [1.82, 2.24) is 4.90 Å². The van der Waals surface area contributed by atoms with Gasteiger partial charge in [-0.15, -0.1) is 0 Å². The molecular weight excluding hydrogens is 419 g/mol. The molecular formula is C20H22Cl2N2O3S. The zero-order valence-corrected chi connectivity index (χ0v) is 17.7. The van der Waals surface area contributed by atoms with E-state index in [1.54, 1.807) is 29.2 Å². The average molecular weight is 441 g/mol. The molecule has 1 fully saturated rings. The predicted molar refractivity (Wildman–Crippen MR) is 112 cm³/mol. The molecule has 2 aromatic carbocycles. The number of hydrogen-bond donors (Lipinski definition) is 0. The minimum atomic E-state index is -3.96. The fourth-order valence-corrected chi connectivity index (χ4v) is 4.94. The first kappa shape index (κ1) is 21.0. The van der Waals surface area contributed by atoms with Crippen LogP contribution >= 0.6 is 23.2 Å². The van der Waals surface area contributed by atoms with Gasteiger partial charge in [0, 0.05) is 23.1 Å². The van der Waals surface area contributed by atoms with Crippen molar-refractivity contribution in [2.45, 2.75) is 30.6 Å². The molecule has 1 aliphatic rings. The normalized spacial score (nSPS) is 15.1. The summed E-state index contributed by atoms with van der Waals surface area (Å²) in [6, 6.07) is 12.4. The minimum Gasteiger partial charge on any atom is -0.341 e. The van der Waals surface area contributed by atoms with Crippen LogP contribution in [0.2, 0.25) is 10.0 Å². The summed E-state index contributed by atoms with van der Waals surface area (Å²) in [5.41, 5.74) is 0.352. The topological polar surface area (TPSA) is 57.7 Å². The highest BCUT2D eigenvalue weighted by Gasteiger charge is 2.29. The molecule has 0 atom stereocenters. The Morgan fingerprint density at radius 3 is 2.18 bits per heavy atom. The molecule has 0 bridgehead atoms. The monoisotopic (exact) mass is 440 g/mol. The third-order valence-electron chi connectivity index (χ3n) is 4.74. The second kappa shape index (κ2) is 9.16. The van der Waals surface area contributed by atoms with Crippen LogP contribution < -0.4 is 4.31 Å². The molecule has 8 heteroatoms. The van der Waals surface area contributed by atoms with Crippen LogP contribution in [0.15, 0.2) is 53.4 Å². The molecule has 0 spiro atoms. The maximum Gasteiger partial charge on any atom is 0.264 e. The quantitative estimate of drug-likeness (QED) is 0.682. The van der Waals surface area contributed by atoms with E-state index >= 15 is 0 Å². The molecule has 2 aromatic rings. The van der Waals surface area contributed by atoms with E-state index < -0.39 is 10.0 Å². The Labute approximate surface area is 175 Å². The molecule has 3 rings (SSSR count). The van der Waals surface area contributed by atoms with Crippen LogP contribution in [0, 0.1) is 0 Å². The van der Waals surface area contributed by atoms with Crippen LogP contribution in [-0.4, -0.2) is 38.9 Å². The number of rotatable bonds is 5. The van der Waals surface area contributed by atoms with Gasteiger partial charge in [0.2, 0.25) is 5.91 Å². The third kappa shape index (κ3) is 4.99. The van der Waals surface area contributed by atoms with Crippen LogP contribution in [0.4, 0.5) is 5.69 Å². The van der Waals surface area contributed by atoms with Gasteiger partial charge in [0.15, 0.2) is 0 Å². The van der Waals surface area contributed by atoms with Crippen LogP contribution in [0.5, 0.6) is 0 Å². The van der Waals surface area contributed by atoms with E-state index in [-0.39, 0.29) is 17.3 Å². The molecule has 0 aromatic heterocycles. The van der Waals surface area contributed by atoms with Gasteiger partial charge >= 0.3 is 0 Å². The first-order chi connectivity index (χ1) is 13.4. The fourth-order valence-electron chi connectivity index (χ4n) is 3.22. The summed E-state index contributed by atoms with van der Waals surface area (Å²) in [7, 11) is -3.96. The summed E-state index contributed by atoms with van der Waals surface area (Å²) in [6.07, 6.45) is 4.05. The molecule has 1 aliphatic heterocycles. The molecule has 1 heterocycles. The summed E-state index contributed by atoms with van der Waals surface area (Å²) in [5, 5.41) is 0.838. The Morgan fingerprint density at radius 2 is 1.57 bits per heavy atom. The Hall–Kier alpha value is -1.76. The number of likely N-dealkylation sites (tertiary alicyclic amines) is 1. The SMILES string of the molecule is O=C(CN(c1cccc(Cl)c1)S(=O)(=O)c1ccc(Cl)cc1)N1CCCCCC1. The van der Waals surface area contributed by atoms with Crippen molar-refractivity contribution in [2.75, 3.05) is 23.9 Å². The van der Waals surface area contributed by atoms with Crippen LogP contribution in [-0.2, 0) is 14.8 Å². The van der Waals surface area contributed by atoms with Gasteiger partial charge in [0.25, 0.3) is 10.0 Å². The number of benzene rings is 2. The number of halogens is 2. The summed E-state index contributed by atoms with van der Waals surface area (Å²) in [5.74, 6) is -0.209. The lowest BCUT2D eigenvalue weighted by Gasteiger charge is -2.28. The van der Waals surface area contributed by atoms with Crippen LogP contribution in [0.25, 0.3) is 0 Å². The molecule has 0 unspecified atom stereocenters. The number of nitrogens with zero attached hydrogens (tertiary/aromatic N) is 2. The van der Waals surface area contributed by atoms with Crippen LogP contribution in [0.3, 0.4) is 0 Å². The lowest BCUT2D eigenvalue weighted by atomic mass is 10.2.